The average Bonchev–Trinajstić information content (AvgIpc) is 2.48. The summed E-state index contributed by atoms with van der Waals surface area (Å²) >= 11 is 0. The van der Waals surface area contributed by atoms with Gasteiger partial charge in [0.25, 0.3) is 0 Å². The molecule has 0 aliphatic carbocycles. The molecule has 0 saturated carbocycles. The monoisotopic (exact) mass is 267 g/mol. The van der Waals surface area contributed by atoms with Gasteiger partial charge in [0.1, 0.15) is 0 Å². The molecule has 2 aromatic rings. The van der Waals surface area contributed by atoms with E-state index >= 15 is 0 Å². The van der Waals surface area contributed by atoms with E-state index in [2.05, 4.69) is 69.3 Å². The fourth-order valence-corrected chi connectivity index (χ4v) is 2.69. The predicted octanol–water partition coefficient (Wildman–Crippen LogP) is 4.62. The summed E-state index contributed by atoms with van der Waals surface area (Å²) in [6, 6.07) is 19.3. The zero-order chi connectivity index (χ0) is 14.6. The molecule has 0 heterocycles. The van der Waals surface area contributed by atoms with Gasteiger partial charge in [-0.05, 0) is 23.1 Å². The smallest absolute Gasteiger partial charge is 0.0387 e. The van der Waals surface area contributed by atoms with Crippen molar-refractivity contribution in [2.45, 2.75) is 45.1 Å². The maximum Gasteiger partial charge on any atom is 0.0387 e. The van der Waals surface area contributed by atoms with E-state index in [0.29, 0.717) is 0 Å². The molecule has 1 nitrogen and oxygen atoms in total. The summed E-state index contributed by atoms with van der Waals surface area (Å²) in [5, 5.41) is 0. The van der Waals surface area contributed by atoms with Crippen LogP contribution in [0.1, 0.15) is 49.9 Å². The lowest BCUT2D eigenvalue weighted by Gasteiger charge is -2.33. The van der Waals surface area contributed by atoms with Crippen LogP contribution < -0.4 is 5.73 Å². The van der Waals surface area contributed by atoms with Gasteiger partial charge in [-0.15, -0.1) is 0 Å². The number of hydrogen-bond acceptors (Lipinski definition) is 1. The van der Waals surface area contributed by atoms with Crippen LogP contribution >= 0.6 is 0 Å². The lowest BCUT2D eigenvalue weighted by molar-refractivity contribution is 0.420. The Morgan fingerprint density at radius 3 is 2.35 bits per heavy atom. The van der Waals surface area contributed by atoms with E-state index in [1.165, 1.54) is 23.1 Å². The summed E-state index contributed by atoms with van der Waals surface area (Å²) in [6.07, 6.45) is 2.28. The molecule has 0 fully saturated rings. The van der Waals surface area contributed by atoms with Crippen LogP contribution in [-0.4, -0.2) is 0 Å². The summed E-state index contributed by atoms with van der Waals surface area (Å²) in [5.41, 5.74) is 10.4. The Balaban J connectivity index is 2.30. The fourth-order valence-electron chi connectivity index (χ4n) is 2.69. The Hall–Kier alpha value is -1.60. The van der Waals surface area contributed by atoms with Crippen LogP contribution in [0.15, 0.2) is 54.6 Å². The molecular weight excluding hydrogens is 242 g/mol. The summed E-state index contributed by atoms with van der Waals surface area (Å²) in [4.78, 5) is 0. The Morgan fingerprint density at radius 2 is 1.70 bits per heavy atom. The standard InChI is InChI=1S/C19H25N/c1-4-9-15-10-8-11-16(14-15)18(20)19(2,3)17-12-6-5-7-13-17/h5-8,10-14,18H,4,9,20H2,1-3H3. The molecule has 0 aliphatic rings. The highest BCUT2D eigenvalue weighted by molar-refractivity contribution is 5.33. The molecule has 2 rings (SSSR count). The van der Waals surface area contributed by atoms with Crippen molar-refractivity contribution in [3.8, 4) is 0 Å². The number of nitrogens with two attached hydrogens (primary N) is 1. The topological polar surface area (TPSA) is 26.0 Å². The largest absolute Gasteiger partial charge is 0.323 e. The van der Waals surface area contributed by atoms with Gasteiger partial charge in [0.15, 0.2) is 0 Å². The first-order valence-corrected chi connectivity index (χ1v) is 7.45. The molecule has 0 saturated heterocycles. The van der Waals surface area contributed by atoms with Crippen LogP contribution in [0.3, 0.4) is 0 Å². The van der Waals surface area contributed by atoms with Crippen LogP contribution in [0.25, 0.3) is 0 Å². The molecule has 1 atom stereocenters. The summed E-state index contributed by atoms with van der Waals surface area (Å²) in [6.45, 7) is 6.65. The lowest BCUT2D eigenvalue weighted by Crippen LogP contribution is -2.33. The van der Waals surface area contributed by atoms with E-state index in [-0.39, 0.29) is 11.5 Å². The molecule has 0 aliphatic heterocycles. The van der Waals surface area contributed by atoms with Crippen molar-refractivity contribution in [1.29, 1.82) is 0 Å². The van der Waals surface area contributed by atoms with Gasteiger partial charge in [0.05, 0.1) is 0 Å². The minimum atomic E-state index is -0.0773. The molecule has 0 amide bonds. The third kappa shape index (κ3) is 3.10. The van der Waals surface area contributed by atoms with Crippen LogP contribution in [0.4, 0.5) is 0 Å². The second-order valence-electron chi connectivity index (χ2n) is 6.06. The lowest BCUT2D eigenvalue weighted by atomic mass is 9.75. The van der Waals surface area contributed by atoms with Crippen LogP contribution in [-0.2, 0) is 11.8 Å². The molecule has 2 aromatic carbocycles. The molecule has 0 aromatic heterocycles. The minimum absolute atomic E-state index is 0.00158. The van der Waals surface area contributed by atoms with E-state index in [1.807, 2.05) is 6.07 Å². The van der Waals surface area contributed by atoms with Gasteiger partial charge in [0.2, 0.25) is 0 Å². The fraction of sp³-hybridized carbons (Fsp3) is 0.368. The molecule has 1 heteroatoms. The maximum absolute atomic E-state index is 6.57. The van der Waals surface area contributed by atoms with Crippen molar-refractivity contribution >= 4 is 0 Å². The van der Waals surface area contributed by atoms with Gasteiger partial charge >= 0.3 is 0 Å². The second-order valence-corrected chi connectivity index (χ2v) is 6.06. The number of benzene rings is 2. The molecule has 1 unspecified atom stereocenters. The quantitative estimate of drug-likeness (QED) is 0.840. The van der Waals surface area contributed by atoms with E-state index in [1.54, 1.807) is 0 Å². The highest BCUT2D eigenvalue weighted by Gasteiger charge is 2.29. The van der Waals surface area contributed by atoms with Crippen molar-refractivity contribution in [1.82, 2.24) is 0 Å². The highest BCUT2D eigenvalue weighted by atomic mass is 14.7. The third-order valence-corrected chi connectivity index (χ3v) is 4.14. The Bertz CT molecular complexity index is 543. The first-order valence-electron chi connectivity index (χ1n) is 7.45. The van der Waals surface area contributed by atoms with Crippen molar-refractivity contribution in [2.24, 2.45) is 5.73 Å². The zero-order valence-electron chi connectivity index (χ0n) is 12.8. The Kier molecular flexibility index (Phi) is 4.61. The Morgan fingerprint density at radius 1 is 1.00 bits per heavy atom. The summed E-state index contributed by atoms with van der Waals surface area (Å²) < 4.78 is 0. The molecule has 0 bridgehead atoms. The van der Waals surface area contributed by atoms with Gasteiger partial charge in [-0.3, -0.25) is 0 Å². The number of hydrogen-bond donors (Lipinski definition) is 1. The van der Waals surface area contributed by atoms with Gasteiger partial charge in [-0.2, -0.15) is 0 Å². The molecule has 0 radical (unpaired) electrons. The molecule has 2 N–H and O–H groups in total. The van der Waals surface area contributed by atoms with E-state index in [0.717, 1.165) is 6.42 Å². The second kappa shape index (κ2) is 6.23. The number of rotatable bonds is 5. The average molecular weight is 267 g/mol. The maximum atomic E-state index is 6.57. The van der Waals surface area contributed by atoms with Gasteiger partial charge in [-0.25, -0.2) is 0 Å². The van der Waals surface area contributed by atoms with Gasteiger partial charge in [0, 0.05) is 11.5 Å². The molecular formula is C19H25N. The molecule has 106 valence electrons. The van der Waals surface area contributed by atoms with Crippen molar-refractivity contribution in [2.75, 3.05) is 0 Å². The first kappa shape index (κ1) is 14.8. The van der Waals surface area contributed by atoms with Crippen molar-refractivity contribution in [3.63, 3.8) is 0 Å². The summed E-state index contributed by atoms with van der Waals surface area (Å²) in [7, 11) is 0. The van der Waals surface area contributed by atoms with Crippen molar-refractivity contribution < 1.29 is 0 Å². The zero-order valence-corrected chi connectivity index (χ0v) is 12.8. The van der Waals surface area contributed by atoms with Crippen LogP contribution in [0, 0.1) is 0 Å². The molecule has 20 heavy (non-hydrogen) atoms. The Labute approximate surface area is 122 Å². The predicted molar refractivity (Wildman–Crippen MR) is 86.8 cm³/mol. The van der Waals surface area contributed by atoms with E-state index in [4.69, 9.17) is 5.73 Å². The van der Waals surface area contributed by atoms with E-state index < -0.39 is 0 Å². The first-order chi connectivity index (χ1) is 9.55. The number of aryl methyl sites for hydroxylation is 1. The summed E-state index contributed by atoms with van der Waals surface area (Å²) in [5.74, 6) is 0. The van der Waals surface area contributed by atoms with Gasteiger partial charge < -0.3 is 5.73 Å². The van der Waals surface area contributed by atoms with Crippen LogP contribution in [0.2, 0.25) is 0 Å². The normalized spacial score (nSPS) is 13.2. The van der Waals surface area contributed by atoms with E-state index in [9.17, 15) is 0 Å². The van der Waals surface area contributed by atoms with Crippen molar-refractivity contribution in [3.05, 3.63) is 71.3 Å². The third-order valence-electron chi connectivity index (χ3n) is 4.14. The minimum Gasteiger partial charge on any atom is -0.323 e. The van der Waals surface area contributed by atoms with Gasteiger partial charge in [-0.1, -0.05) is 81.8 Å². The van der Waals surface area contributed by atoms with Crippen LogP contribution in [0.5, 0.6) is 0 Å². The highest BCUT2D eigenvalue weighted by Crippen LogP contribution is 2.35. The SMILES string of the molecule is CCCc1cccc(C(N)C(C)(C)c2ccccc2)c1. The molecule has 0 spiro atoms.